The van der Waals surface area contributed by atoms with E-state index < -0.39 is 0 Å². The Hall–Kier alpha value is -1.24. The van der Waals surface area contributed by atoms with Crippen LogP contribution < -0.4 is 15.5 Å². The topological polar surface area (TPSA) is 87.1 Å². The van der Waals surface area contributed by atoms with E-state index in [2.05, 4.69) is 42.3 Å². The monoisotopic (exact) mass is 561 g/mol. The molecule has 0 spiro atoms. The minimum atomic E-state index is 0. The van der Waals surface area contributed by atoms with Gasteiger partial charge in [0, 0.05) is 77.3 Å². The van der Waals surface area contributed by atoms with Gasteiger partial charge < -0.3 is 25.0 Å². The van der Waals surface area contributed by atoms with Crippen molar-refractivity contribution >= 4 is 35.9 Å². The van der Waals surface area contributed by atoms with Gasteiger partial charge in [-0.15, -0.1) is 24.0 Å². The van der Waals surface area contributed by atoms with Crippen molar-refractivity contribution in [2.75, 3.05) is 83.7 Å². The molecule has 2 N–H and O–H groups in total. The van der Waals surface area contributed by atoms with E-state index in [4.69, 9.17) is 9.47 Å². The lowest BCUT2D eigenvalue weighted by atomic mass is 10.1. The molecule has 0 aliphatic carbocycles. The van der Waals surface area contributed by atoms with E-state index in [9.17, 15) is 0 Å². The zero-order chi connectivity index (χ0) is 21.6. The molecule has 0 amide bonds. The number of aliphatic imine (C=N–C) groups is 1. The fourth-order valence-electron chi connectivity index (χ4n) is 3.80. The van der Waals surface area contributed by atoms with Crippen LogP contribution in [-0.2, 0) is 9.47 Å². The van der Waals surface area contributed by atoms with Crippen molar-refractivity contribution in [2.24, 2.45) is 10.9 Å². The van der Waals surface area contributed by atoms with Gasteiger partial charge in [0.1, 0.15) is 0 Å². The molecule has 1 aromatic rings. The maximum atomic E-state index is 5.75. The highest BCUT2D eigenvalue weighted by Crippen LogP contribution is 2.12. The van der Waals surface area contributed by atoms with Crippen LogP contribution in [0.5, 0.6) is 0 Å². The van der Waals surface area contributed by atoms with Gasteiger partial charge in [0.25, 0.3) is 0 Å². The molecule has 1 unspecified atom stereocenters. The van der Waals surface area contributed by atoms with Gasteiger partial charge in [0.2, 0.25) is 5.95 Å². The number of anilines is 1. The summed E-state index contributed by atoms with van der Waals surface area (Å²) in [6.45, 7) is 13.1. The Bertz CT molecular complexity index is 624. The summed E-state index contributed by atoms with van der Waals surface area (Å²) in [5, 5.41) is 6.78. The third-order valence-corrected chi connectivity index (χ3v) is 5.59. The molecule has 2 saturated heterocycles. The van der Waals surface area contributed by atoms with E-state index in [1.165, 1.54) is 0 Å². The highest BCUT2D eigenvalue weighted by Gasteiger charge is 2.18. The predicted molar refractivity (Wildman–Crippen MR) is 139 cm³/mol. The van der Waals surface area contributed by atoms with Crippen molar-refractivity contribution in [3.63, 3.8) is 0 Å². The quantitative estimate of drug-likeness (QED) is 0.172. The number of aromatic nitrogens is 2. The second-order valence-electron chi connectivity index (χ2n) is 8.08. The largest absolute Gasteiger partial charge is 0.381 e. The van der Waals surface area contributed by atoms with Crippen LogP contribution in [0.3, 0.4) is 0 Å². The molecule has 10 heteroatoms. The van der Waals surface area contributed by atoms with Crippen LogP contribution in [0, 0.1) is 5.92 Å². The Morgan fingerprint density at radius 1 is 1.19 bits per heavy atom. The Kier molecular flexibility index (Phi) is 13.8. The lowest BCUT2D eigenvalue weighted by Gasteiger charge is -2.34. The molecule has 3 rings (SSSR count). The van der Waals surface area contributed by atoms with Gasteiger partial charge in [0.05, 0.1) is 13.2 Å². The number of guanidine groups is 1. The van der Waals surface area contributed by atoms with Crippen LogP contribution in [-0.4, -0.2) is 99.6 Å². The van der Waals surface area contributed by atoms with E-state index >= 15 is 0 Å². The summed E-state index contributed by atoms with van der Waals surface area (Å²) in [5.41, 5.74) is 0. The van der Waals surface area contributed by atoms with Gasteiger partial charge >= 0.3 is 0 Å². The molecule has 1 aromatic heterocycles. The van der Waals surface area contributed by atoms with Gasteiger partial charge in [-0.1, -0.05) is 0 Å². The van der Waals surface area contributed by atoms with Crippen molar-refractivity contribution in [3.05, 3.63) is 18.5 Å². The minimum absolute atomic E-state index is 0. The number of nitrogens with one attached hydrogen (secondary N) is 2. The zero-order valence-corrected chi connectivity index (χ0v) is 21.7. The predicted octanol–water partition coefficient (Wildman–Crippen LogP) is 1.61. The molecular formula is C22H40IN7O2. The molecule has 0 saturated carbocycles. The molecule has 2 fully saturated rings. The van der Waals surface area contributed by atoms with Crippen LogP contribution in [0.4, 0.5) is 5.95 Å². The number of halogens is 1. The Morgan fingerprint density at radius 2 is 2.00 bits per heavy atom. The van der Waals surface area contributed by atoms with E-state index in [1.807, 2.05) is 18.5 Å². The van der Waals surface area contributed by atoms with E-state index in [1.54, 1.807) is 0 Å². The summed E-state index contributed by atoms with van der Waals surface area (Å²) in [4.78, 5) is 18.1. The first-order chi connectivity index (χ1) is 15.3. The molecule has 182 valence electrons. The summed E-state index contributed by atoms with van der Waals surface area (Å²) < 4.78 is 11.1. The number of hydrogen-bond acceptors (Lipinski definition) is 7. The van der Waals surface area contributed by atoms with Gasteiger partial charge in [-0.2, -0.15) is 0 Å². The van der Waals surface area contributed by atoms with Crippen LogP contribution in [0.15, 0.2) is 23.5 Å². The average Bonchev–Trinajstić information content (AvgIpc) is 3.33. The van der Waals surface area contributed by atoms with Crippen molar-refractivity contribution in [1.29, 1.82) is 0 Å². The second-order valence-corrected chi connectivity index (χ2v) is 8.08. The lowest BCUT2D eigenvalue weighted by molar-refractivity contribution is 0.0893. The number of piperazine rings is 1. The van der Waals surface area contributed by atoms with E-state index in [0.29, 0.717) is 5.92 Å². The van der Waals surface area contributed by atoms with Gasteiger partial charge in [-0.3, -0.25) is 9.89 Å². The molecule has 0 radical (unpaired) electrons. The normalized spacial score (nSPS) is 19.6. The average molecular weight is 562 g/mol. The Balaban J connectivity index is 0.00000363. The van der Waals surface area contributed by atoms with Crippen molar-refractivity contribution in [3.8, 4) is 0 Å². The maximum Gasteiger partial charge on any atom is 0.225 e. The second kappa shape index (κ2) is 16.4. The summed E-state index contributed by atoms with van der Waals surface area (Å²) >= 11 is 0. The Morgan fingerprint density at radius 3 is 2.72 bits per heavy atom. The third kappa shape index (κ3) is 10.1. The van der Waals surface area contributed by atoms with E-state index in [0.717, 1.165) is 110 Å². The van der Waals surface area contributed by atoms with Gasteiger partial charge in [-0.05, 0) is 38.8 Å². The highest BCUT2D eigenvalue weighted by atomic mass is 127. The molecule has 32 heavy (non-hydrogen) atoms. The maximum absolute atomic E-state index is 5.75. The summed E-state index contributed by atoms with van der Waals surface area (Å²) in [5.74, 6) is 2.32. The van der Waals surface area contributed by atoms with Crippen molar-refractivity contribution in [1.82, 2.24) is 25.5 Å². The standard InChI is InChI=1S/C22H39N7O2.HI/c1-2-23-21(25-10-5-16-30-18-20-6-17-31-19-20)24-9-4-11-28-12-14-29(15-13-28)22-26-7-3-8-27-22;/h3,7-8,20H,2,4-6,9-19H2,1H3,(H2,23,24,25);1H. The lowest BCUT2D eigenvalue weighted by Crippen LogP contribution is -2.47. The number of rotatable bonds is 12. The molecular weight excluding hydrogens is 521 g/mol. The first-order valence-corrected chi connectivity index (χ1v) is 11.8. The van der Waals surface area contributed by atoms with Crippen LogP contribution in [0.2, 0.25) is 0 Å². The number of ether oxygens (including phenoxy) is 2. The fraction of sp³-hybridized carbons (Fsp3) is 0.773. The Labute approximate surface area is 209 Å². The zero-order valence-electron chi connectivity index (χ0n) is 19.4. The molecule has 2 aliphatic rings. The molecule has 9 nitrogen and oxygen atoms in total. The smallest absolute Gasteiger partial charge is 0.225 e. The molecule has 0 aromatic carbocycles. The van der Waals surface area contributed by atoms with Gasteiger partial charge in [-0.25, -0.2) is 9.97 Å². The minimum Gasteiger partial charge on any atom is -0.381 e. The third-order valence-electron chi connectivity index (χ3n) is 5.59. The summed E-state index contributed by atoms with van der Waals surface area (Å²) in [6, 6.07) is 1.86. The molecule has 2 aliphatic heterocycles. The summed E-state index contributed by atoms with van der Waals surface area (Å²) in [6.07, 6.45) is 6.79. The number of hydrogen-bond donors (Lipinski definition) is 2. The molecule has 0 bridgehead atoms. The van der Waals surface area contributed by atoms with Crippen molar-refractivity contribution in [2.45, 2.75) is 26.2 Å². The highest BCUT2D eigenvalue weighted by molar-refractivity contribution is 14.0. The first-order valence-electron chi connectivity index (χ1n) is 11.8. The SMILES string of the molecule is CCNC(=NCCCOCC1CCOC1)NCCCN1CCN(c2ncccn2)CC1.I. The molecule has 3 heterocycles. The van der Waals surface area contributed by atoms with Crippen LogP contribution >= 0.6 is 24.0 Å². The van der Waals surface area contributed by atoms with Crippen LogP contribution in [0.25, 0.3) is 0 Å². The number of nitrogens with zero attached hydrogens (tertiary/aromatic N) is 5. The van der Waals surface area contributed by atoms with Crippen molar-refractivity contribution < 1.29 is 9.47 Å². The van der Waals surface area contributed by atoms with Crippen LogP contribution in [0.1, 0.15) is 26.2 Å². The first kappa shape index (κ1) is 27.0. The molecule has 1 atom stereocenters. The van der Waals surface area contributed by atoms with E-state index in [-0.39, 0.29) is 24.0 Å². The summed E-state index contributed by atoms with van der Waals surface area (Å²) in [7, 11) is 0. The van der Waals surface area contributed by atoms with Gasteiger partial charge in [0.15, 0.2) is 5.96 Å². The fourth-order valence-corrected chi connectivity index (χ4v) is 3.80.